The summed E-state index contributed by atoms with van der Waals surface area (Å²) in [6.07, 6.45) is 2.38. The first kappa shape index (κ1) is 17.2. The van der Waals surface area contributed by atoms with Gasteiger partial charge >= 0.3 is 0 Å². The average molecular weight is 312 g/mol. The van der Waals surface area contributed by atoms with E-state index in [2.05, 4.69) is 24.3 Å². The molecule has 0 aliphatic heterocycles. The highest BCUT2D eigenvalue weighted by atomic mass is 16.5. The van der Waals surface area contributed by atoms with Crippen LogP contribution in [0.5, 0.6) is 0 Å². The Morgan fingerprint density at radius 1 is 1.43 bits per heavy atom. The first-order valence-corrected chi connectivity index (χ1v) is 7.75. The van der Waals surface area contributed by atoms with Crippen LogP contribution in [-0.2, 0) is 11.3 Å². The average Bonchev–Trinajstić information content (AvgIpc) is 2.95. The molecule has 0 spiro atoms. The second-order valence-electron chi connectivity index (χ2n) is 5.61. The summed E-state index contributed by atoms with van der Waals surface area (Å²) in [4.78, 5) is 0. The van der Waals surface area contributed by atoms with Gasteiger partial charge in [0.15, 0.2) is 0 Å². The van der Waals surface area contributed by atoms with Gasteiger partial charge in [0, 0.05) is 12.2 Å². The lowest BCUT2D eigenvalue weighted by molar-refractivity contribution is 0.0363. The summed E-state index contributed by atoms with van der Waals surface area (Å²) in [5.41, 5.74) is 4.80. The number of nitrogens with zero attached hydrogens (tertiary/aromatic N) is 2. The lowest BCUT2D eigenvalue weighted by Crippen LogP contribution is -2.09. The van der Waals surface area contributed by atoms with Gasteiger partial charge in [-0.2, -0.15) is 5.10 Å². The van der Waals surface area contributed by atoms with E-state index in [1.807, 2.05) is 38.1 Å². The number of rotatable bonds is 8. The van der Waals surface area contributed by atoms with E-state index in [4.69, 9.17) is 9.84 Å². The van der Waals surface area contributed by atoms with Crippen LogP contribution in [-0.4, -0.2) is 27.6 Å². The molecule has 23 heavy (non-hydrogen) atoms. The zero-order valence-electron chi connectivity index (χ0n) is 13.8. The van der Waals surface area contributed by atoms with E-state index in [9.17, 15) is 0 Å². The summed E-state index contributed by atoms with van der Waals surface area (Å²) < 4.78 is 7.55. The maximum atomic E-state index is 8.93. The van der Waals surface area contributed by atoms with Gasteiger partial charge in [0.25, 0.3) is 0 Å². The monoisotopic (exact) mass is 312 g/mol. The summed E-state index contributed by atoms with van der Waals surface area (Å²) in [5.74, 6) is 0. The minimum absolute atomic E-state index is 0.0389. The van der Waals surface area contributed by atoms with E-state index in [0.29, 0.717) is 13.0 Å². The molecule has 1 aromatic carbocycles. The van der Waals surface area contributed by atoms with Crippen molar-refractivity contribution in [1.29, 1.82) is 0 Å². The van der Waals surface area contributed by atoms with Crippen LogP contribution >= 0.6 is 0 Å². The van der Waals surface area contributed by atoms with Crippen molar-refractivity contribution in [2.24, 2.45) is 0 Å². The van der Waals surface area contributed by atoms with E-state index in [1.54, 1.807) is 10.8 Å². The van der Waals surface area contributed by atoms with E-state index >= 15 is 0 Å². The van der Waals surface area contributed by atoms with Crippen LogP contribution in [0.25, 0.3) is 17.0 Å². The molecule has 0 radical (unpaired) electrons. The molecule has 0 bridgehead atoms. The molecule has 0 amide bonds. The molecule has 2 aromatic rings. The molecule has 0 aliphatic rings. The number of aliphatic hydroxyl groups excluding tert-OH is 1. The smallest absolute Gasteiger partial charge is 0.0743 e. The van der Waals surface area contributed by atoms with Crippen molar-refractivity contribution in [3.05, 3.63) is 60.8 Å². The van der Waals surface area contributed by atoms with Crippen LogP contribution in [0, 0.1) is 6.92 Å². The second-order valence-corrected chi connectivity index (χ2v) is 5.61. The molecule has 1 N–H and O–H groups in total. The van der Waals surface area contributed by atoms with E-state index in [0.717, 1.165) is 28.2 Å². The van der Waals surface area contributed by atoms with Gasteiger partial charge < -0.3 is 9.84 Å². The zero-order chi connectivity index (χ0) is 16.8. The molecule has 0 saturated heterocycles. The van der Waals surface area contributed by atoms with E-state index < -0.39 is 0 Å². The third kappa shape index (κ3) is 4.41. The Kier molecular flexibility index (Phi) is 5.90. The maximum Gasteiger partial charge on any atom is 0.0743 e. The largest absolute Gasteiger partial charge is 0.396 e. The quantitative estimate of drug-likeness (QED) is 0.754. The number of allylic oxidation sites excluding steroid dienone is 2. The molecule has 2 rings (SSSR count). The number of benzene rings is 1. The summed E-state index contributed by atoms with van der Waals surface area (Å²) >= 11 is 0. The fraction of sp³-hybridized carbons (Fsp3) is 0.316. The Balaban J connectivity index is 2.23. The predicted molar refractivity (Wildman–Crippen MR) is 93.9 cm³/mol. The van der Waals surface area contributed by atoms with Gasteiger partial charge in [-0.25, -0.2) is 4.68 Å². The summed E-state index contributed by atoms with van der Waals surface area (Å²) in [6.45, 7) is 12.3. The summed E-state index contributed by atoms with van der Waals surface area (Å²) in [6, 6.07) is 10.2. The maximum absolute atomic E-state index is 8.93. The second kappa shape index (κ2) is 7.90. The Labute approximate surface area is 137 Å². The molecule has 0 saturated carbocycles. The van der Waals surface area contributed by atoms with Crippen LogP contribution in [0.2, 0.25) is 0 Å². The molecule has 4 nitrogen and oxygen atoms in total. The third-order valence-corrected chi connectivity index (χ3v) is 3.63. The Morgan fingerprint density at radius 3 is 2.91 bits per heavy atom. The van der Waals surface area contributed by atoms with Gasteiger partial charge in [0.1, 0.15) is 0 Å². The number of aromatic nitrogens is 2. The molecule has 0 fully saturated rings. The minimum atomic E-state index is 0.0389. The fourth-order valence-electron chi connectivity index (χ4n) is 2.33. The standard InChI is InChI=1S/C19H24N2O2/c1-5-15(3)21-19(11-14(2)20-21)18-8-6-7-17(12-18)13-23-16(4)9-10-22/h5-8,11-12,16,22H,1,3,9-10,13H2,2,4H3/t16-/m1/s1. The topological polar surface area (TPSA) is 47.3 Å². The molecule has 122 valence electrons. The Morgan fingerprint density at radius 2 is 2.22 bits per heavy atom. The highest BCUT2D eigenvalue weighted by Crippen LogP contribution is 2.24. The Hall–Kier alpha value is -2.17. The van der Waals surface area contributed by atoms with Crippen molar-refractivity contribution in [2.75, 3.05) is 6.61 Å². The molecule has 0 unspecified atom stereocenters. The summed E-state index contributed by atoms with van der Waals surface area (Å²) in [7, 11) is 0. The first-order valence-electron chi connectivity index (χ1n) is 7.75. The SMILES string of the molecule is C=CC(=C)n1nc(C)cc1-c1cccc(CO[C@H](C)CCO)c1. The molecule has 0 aliphatic carbocycles. The number of hydrogen-bond acceptors (Lipinski definition) is 3. The highest BCUT2D eigenvalue weighted by molar-refractivity contribution is 5.68. The van der Waals surface area contributed by atoms with E-state index in [-0.39, 0.29) is 12.7 Å². The van der Waals surface area contributed by atoms with Gasteiger partial charge in [-0.15, -0.1) is 0 Å². The molecule has 4 heteroatoms. The highest BCUT2D eigenvalue weighted by Gasteiger charge is 2.10. The van der Waals surface area contributed by atoms with Crippen molar-refractivity contribution >= 4 is 5.70 Å². The van der Waals surface area contributed by atoms with Gasteiger partial charge in [-0.3, -0.25) is 0 Å². The Bertz CT molecular complexity index is 688. The van der Waals surface area contributed by atoms with Crippen LogP contribution in [0.3, 0.4) is 0 Å². The molecule has 1 aromatic heterocycles. The number of aryl methyl sites for hydroxylation is 1. The lowest BCUT2D eigenvalue weighted by atomic mass is 10.1. The van der Waals surface area contributed by atoms with Crippen molar-refractivity contribution in [1.82, 2.24) is 9.78 Å². The number of hydrogen-bond donors (Lipinski definition) is 1. The zero-order valence-corrected chi connectivity index (χ0v) is 13.8. The normalized spacial score (nSPS) is 12.1. The fourth-order valence-corrected chi connectivity index (χ4v) is 2.33. The summed E-state index contributed by atoms with van der Waals surface area (Å²) in [5, 5.41) is 13.4. The van der Waals surface area contributed by atoms with Crippen LogP contribution in [0.4, 0.5) is 0 Å². The van der Waals surface area contributed by atoms with Crippen LogP contribution < -0.4 is 0 Å². The minimum Gasteiger partial charge on any atom is -0.396 e. The van der Waals surface area contributed by atoms with Crippen LogP contribution in [0.1, 0.15) is 24.6 Å². The van der Waals surface area contributed by atoms with Crippen molar-refractivity contribution in [2.45, 2.75) is 33.0 Å². The van der Waals surface area contributed by atoms with Crippen LogP contribution in [0.15, 0.2) is 49.6 Å². The van der Waals surface area contributed by atoms with Crippen molar-refractivity contribution in [3.63, 3.8) is 0 Å². The molecular formula is C19H24N2O2. The molecule has 1 heterocycles. The van der Waals surface area contributed by atoms with Gasteiger partial charge in [0.2, 0.25) is 0 Å². The number of ether oxygens (including phenoxy) is 1. The number of aliphatic hydroxyl groups is 1. The van der Waals surface area contributed by atoms with E-state index in [1.165, 1.54) is 0 Å². The molecular weight excluding hydrogens is 288 g/mol. The van der Waals surface area contributed by atoms with Gasteiger partial charge in [-0.1, -0.05) is 31.4 Å². The first-order chi connectivity index (χ1) is 11.0. The van der Waals surface area contributed by atoms with Gasteiger partial charge in [-0.05, 0) is 44.0 Å². The molecule has 1 atom stereocenters. The van der Waals surface area contributed by atoms with Crippen molar-refractivity contribution in [3.8, 4) is 11.3 Å². The van der Waals surface area contributed by atoms with Crippen molar-refractivity contribution < 1.29 is 9.84 Å². The lowest BCUT2D eigenvalue weighted by Gasteiger charge is -2.13. The predicted octanol–water partition coefficient (Wildman–Crippen LogP) is 3.80. The van der Waals surface area contributed by atoms with Gasteiger partial charge in [0.05, 0.1) is 29.8 Å². The third-order valence-electron chi connectivity index (χ3n) is 3.63.